The van der Waals surface area contributed by atoms with Gasteiger partial charge in [-0.2, -0.15) is 0 Å². The van der Waals surface area contributed by atoms with E-state index < -0.39 is 5.41 Å². The first kappa shape index (κ1) is 18.5. The Morgan fingerprint density at radius 1 is 1.08 bits per heavy atom. The van der Waals surface area contributed by atoms with Crippen molar-refractivity contribution in [1.82, 2.24) is 0 Å². The Morgan fingerprint density at radius 2 is 1.75 bits per heavy atom. The lowest BCUT2D eigenvalue weighted by atomic mass is 9.70. The van der Waals surface area contributed by atoms with E-state index in [0.29, 0.717) is 58.2 Å². The third kappa shape index (κ3) is 5.10. The summed E-state index contributed by atoms with van der Waals surface area (Å²) in [7, 11) is 0. The molecule has 0 unspecified atom stereocenters. The van der Waals surface area contributed by atoms with E-state index in [9.17, 15) is 14.4 Å². The van der Waals surface area contributed by atoms with E-state index in [2.05, 4.69) is 0 Å². The number of hydrogen-bond acceptors (Lipinski definition) is 4. The van der Waals surface area contributed by atoms with Crippen LogP contribution in [0.2, 0.25) is 0 Å². The van der Waals surface area contributed by atoms with Crippen LogP contribution in [0.4, 0.5) is 0 Å². The van der Waals surface area contributed by atoms with Crippen LogP contribution in [0.1, 0.15) is 57.4 Å². The number of ketones is 3. The van der Waals surface area contributed by atoms with Crippen molar-refractivity contribution < 1.29 is 19.1 Å². The van der Waals surface area contributed by atoms with Gasteiger partial charge in [-0.15, -0.1) is 0 Å². The van der Waals surface area contributed by atoms with Gasteiger partial charge in [0.1, 0.15) is 17.3 Å². The number of hydrogen-bond donors (Lipinski definition) is 0. The molecule has 1 saturated carbocycles. The third-order valence-corrected chi connectivity index (χ3v) is 4.80. The van der Waals surface area contributed by atoms with Crippen LogP contribution in [0.15, 0.2) is 30.3 Å². The zero-order valence-corrected chi connectivity index (χ0v) is 14.4. The molecule has 130 valence electrons. The zero-order valence-electron chi connectivity index (χ0n) is 14.4. The molecule has 0 aromatic heterocycles. The smallest absolute Gasteiger partial charge is 0.146 e. The summed E-state index contributed by atoms with van der Waals surface area (Å²) in [4.78, 5) is 36.0. The number of carbonyl (C=O) groups is 3. The predicted molar refractivity (Wildman–Crippen MR) is 91.5 cm³/mol. The maximum atomic E-state index is 12.0. The molecule has 0 amide bonds. The van der Waals surface area contributed by atoms with Gasteiger partial charge in [-0.25, -0.2) is 0 Å². The molecule has 0 aliphatic heterocycles. The molecule has 1 aromatic rings. The molecule has 0 saturated heterocycles. The molecule has 0 bridgehead atoms. The van der Waals surface area contributed by atoms with E-state index in [1.54, 1.807) is 6.92 Å². The van der Waals surface area contributed by atoms with Crippen LogP contribution in [-0.2, 0) is 25.7 Å². The van der Waals surface area contributed by atoms with Crippen LogP contribution in [0.5, 0.6) is 0 Å². The maximum absolute atomic E-state index is 12.0. The van der Waals surface area contributed by atoms with Gasteiger partial charge in [-0.05, 0) is 31.7 Å². The van der Waals surface area contributed by atoms with Crippen molar-refractivity contribution >= 4 is 17.3 Å². The van der Waals surface area contributed by atoms with Crippen LogP contribution >= 0.6 is 0 Å². The Morgan fingerprint density at radius 3 is 2.42 bits per heavy atom. The lowest BCUT2D eigenvalue weighted by Crippen LogP contribution is -2.40. The Balaban J connectivity index is 1.63. The fourth-order valence-corrected chi connectivity index (χ4v) is 3.05. The van der Waals surface area contributed by atoms with Gasteiger partial charge in [0.25, 0.3) is 0 Å². The average Bonchev–Trinajstić information content (AvgIpc) is 2.59. The van der Waals surface area contributed by atoms with Gasteiger partial charge in [0.2, 0.25) is 0 Å². The molecule has 2 rings (SSSR count). The maximum Gasteiger partial charge on any atom is 0.146 e. The molecule has 4 heteroatoms. The molecule has 0 atom stereocenters. The first-order chi connectivity index (χ1) is 11.5. The summed E-state index contributed by atoms with van der Waals surface area (Å²) in [5, 5.41) is 0. The number of rotatable bonds is 9. The molecule has 0 radical (unpaired) electrons. The molecular formula is C20H26O4. The summed E-state index contributed by atoms with van der Waals surface area (Å²) >= 11 is 0. The average molecular weight is 330 g/mol. The van der Waals surface area contributed by atoms with Crippen molar-refractivity contribution in [1.29, 1.82) is 0 Å². The van der Waals surface area contributed by atoms with Crippen LogP contribution in [0.25, 0.3) is 0 Å². The fourth-order valence-electron chi connectivity index (χ4n) is 3.05. The molecule has 0 N–H and O–H groups in total. The Kier molecular flexibility index (Phi) is 6.85. The number of benzene rings is 1. The van der Waals surface area contributed by atoms with E-state index >= 15 is 0 Å². The Hall–Kier alpha value is -1.81. The van der Waals surface area contributed by atoms with Crippen molar-refractivity contribution in [3.05, 3.63) is 35.9 Å². The van der Waals surface area contributed by atoms with Gasteiger partial charge in [0.05, 0.1) is 12.0 Å². The van der Waals surface area contributed by atoms with E-state index in [4.69, 9.17) is 4.74 Å². The largest absolute Gasteiger partial charge is 0.377 e. The molecule has 0 spiro atoms. The Bertz CT molecular complexity index is 561. The number of ether oxygens (including phenoxy) is 1. The molecule has 24 heavy (non-hydrogen) atoms. The highest BCUT2D eigenvalue weighted by atomic mass is 16.5. The first-order valence-electron chi connectivity index (χ1n) is 8.72. The van der Waals surface area contributed by atoms with Crippen molar-refractivity contribution in [3.8, 4) is 0 Å². The molecule has 4 nitrogen and oxygen atoms in total. The minimum Gasteiger partial charge on any atom is -0.377 e. The zero-order chi connectivity index (χ0) is 17.4. The summed E-state index contributed by atoms with van der Waals surface area (Å²) in [5.41, 5.74) is 0.184. The molecule has 1 aromatic carbocycles. The summed E-state index contributed by atoms with van der Waals surface area (Å²) in [6, 6.07) is 9.91. The molecule has 1 fully saturated rings. The van der Waals surface area contributed by atoms with Gasteiger partial charge >= 0.3 is 0 Å². The lowest BCUT2D eigenvalue weighted by molar-refractivity contribution is -0.143. The number of Topliss-reactive ketones (excluding diaryl/α,β-unsaturated/α-hetero) is 3. The second kappa shape index (κ2) is 8.88. The molecule has 0 heterocycles. The molecular weight excluding hydrogens is 304 g/mol. The quantitative estimate of drug-likeness (QED) is 0.512. The molecule has 1 aliphatic carbocycles. The summed E-state index contributed by atoms with van der Waals surface area (Å²) in [5.74, 6) is 0.0983. The standard InChI is InChI=1S/C20H26O4/c1-20(18(22)10-5-11-19(20)23)13-12-17(21)9-6-14-24-15-16-7-3-2-4-8-16/h2-4,7-8H,5-6,9-15H2,1H3. The highest BCUT2D eigenvalue weighted by Gasteiger charge is 2.42. The minimum atomic E-state index is -0.933. The van der Waals surface area contributed by atoms with Gasteiger partial charge in [-0.3, -0.25) is 14.4 Å². The topological polar surface area (TPSA) is 60.4 Å². The second-order valence-corrected chi connectivity index (χ2v) is 6.71. The van der Waals surface area contributed by atoms with E-state index in [1.165, 1.54) is 0 Å². The van der Waals surface area contributed by atoms with Crippen molar-refractivity contribution in [2.45, 2.75) is 58.5 Å². The van der Waals surface area contributed by atoms with Gasteiger partial charge in [-0.1, -0.05) is 30.3 Å². The van der Waals surface area contributed by atoms with E-state index in [0.717, 1.165) is 5.56 Å². The van der Waals surface area contributed by atoms with Crippen LogP contribution in [-0.4, -0.2) is 24.0 Å². The third-order valence-electron chi connectivity index (χ3n) is 4.80. The highest BCUT2D eigenvalue weighted by Crippen LogP contribution is 2.34. The minimum absolute atomic E-state index is 0.00209. The SMILES string of the molecule is CC1(CCC(=O)CCCOCc2ccccc2)C(=O)CCCC1=O. The summed E-state index contributed by atoms with van der Waals surface area (Å²) in [6.45, 7) is 2.79. The number of carbonyl (C=O) groups excluding carboxylic acids is 3. The van der Waals surface area contributed by atoms with Crippen LogP contribution in [0.3, 0.4) is 0 Å². The van der Waals surface area contributed by atoms with Gasteiger partial charge in [0.15, 0.2) is 0 Å². The normalized spacial score (nSPS) is 17.0. The summed E-state index contributed by atoms with van der Waals surface area (Å²) in [6.07, 6.45) is 3.34. The van der Waals surface area contributed by atoms with Gasteiger partial charge in [0, 0.05) is 32.3 Å². The van der Waals surface area contributed by atoms with E-state index in [1.807, 2.05) is 30.3 Å². The van der Waals surface area contributed by atoms with E-state index in [-0.39, 0.29) is 17.3 Å². The van der Waals surface area contributed by atoms with Crippen LogP contribution in [0, 0.1) is 5.41 Å². The Labute approximate surface area is 143 Å². The van der Waals surface area contributed by atoms with Gasteiger partial charge < -0.3 is 4.74 Å². The van der Waals surface area contributed by atoms with Crippen molar-refractivity contribution in [3.63, 3.8) is 0 Å². The second-order valence-electron chi connectivity index (χ2n) is 6.71. The predicted octanol–water partition coefficient (Wildman–Crippen LogP) is 3.66. The molecule has 1 aliphatic rings. The van der Waals surface area contributed by atoms with Crippen LogP contribution < -0.4 is 0 Å². The lowest BCUT2D eigenvalue weighted by Gasteiger charge is -2.30. The first-order valence-corrected chi connectivity index (χ1v) is 8.72. The van der Waals surface area contributed by atoms with Crippen molar-refractivity contribution in [2.24, 2.45) is 5.41 Å². The summed E-state index contributed by atoms with van der Waals surface area (Å²) < 4.78 is 5.56. The fraction of sp³-hybridized carbons (Fsp3) is 0.550. The highest BCUT2D eigenvalue weighted by molar-refractivity contribution is 6.08. The van der Waals surface area contributed by atoms with Crippen molar-refractivity contribution in [2.75, 3.05) is 6.61 Å². The monoisotopic (exact) mass is 330 g/mol.